The van der Waals surface area contributed by atoms with Crippen molar-refractivity contribution in [2.24, 2.45) is 5.92 Å². The normalized spacial score (nSPS) is 13.4. The average Bonchev–Trinajstić information content (AvgIpc) is 2.03. The molecule has 1 aromatic rings. The molecule has 0 aliphatic carbocycles. The van der Waals surface area contributed by atoms with Crippen molar-refractivity contribution in [3.8, 4) is 0 Å². The van der Waals surface area contributed by atoms with E-state index in [-0.39, 0.29) is 5.82 Å². The molecule has 0 amide bonds. The van der Waals surface area contributed by atoms with E-state index in [1.165, 1.54) is 5.56 Å². The van der Waals surface area contributed by atoms with Gasteiger partial charge in [-0.25, -0.2) is 4.39 Å². The lowest BCUT2D eigenvalue weighted by Gasteiger charge is -2.18. The summed E-state index contributed by atoms with van der Waals surface area (Å²) in [6.07, 6.45) is 0. The summed E-state index contributed by atoms with van der Waals surface area (Å²) in [7, 11) is 0. The Hall–Kier alpha value is -0.850. The van der Waals surface area contributed by atoms with Crippen LogP contribution >= 0.6 is 0 Å². The summed E-state index contributed by atoms with van der Waals surface area (Å²) >= 11 is 0. The molecule has 1 aromatic carbocycles. The van der Waals surface area contributed by atoms with Crippen molar-refractivity contribution in [2.75, 3.05) is 0 Å². The Morgan fingerprint density at radius 2 is 1.77 bits per heavy atom. The molecule has 0 N–H and O–H groups in total. The molecule has 0 radical (unpaired) electrons. The molecular formula is C12H17F. The molecule has 0 fully saturated rings. The Morgan fingerprint density at radius 1 is 1.15 bits per heavy atom. The third kappa shape index (κ3) is 2.30. The van der Waals surface area contributed by atoms with Crippen LogP contribution in [0.4, 0.5) is 4.39 Å². The van der Waals surface area contributed by atoms with E-state index in [2.05, 4.69) is 20.8 Å². The van der Waals surface area contributed by atoms with E-state index in [4.69, 9.17) is 0 Å². The van der Waals surface area contributed by atoms with Gasteiger partial charge in [0.1, 0.15) is 5.82 Å². The molecule has 0 saturated carbocycles. The van der Waals surface area contributed by atoms with Gasteiger partial charge in [-0.05, 0) is 42.0 Å². The smallest absolute Gasteiger partial charge is 0.123 e. The van der Waals surface area contributed by atoms with Gasteiger partial charge in [-0.15, -0.1) is 0 Å². The molecular weight excluding hydrogens is 163 g/mol. The molecule has 0 aliphatic rings. The predicted molar refractivity (Wildman–Crippen MR) is 54.4 cm³/mol. The predicted octanol–water partition coefficient (Wildman–Crippen LogP) is 3.89. The number of benzene rings is 1. The van der Waals surface area contributed by atoms with Crippen molar-refractivity contribution in [2.45, 2.75) is 33.6 Å². The maximum absolute atomic E-state index is 12.8. The molecule has 1 unspecified atom stereocenters. The van der Waals surface area contributed by atoms with Crippen LogP contribution in [0.5, 0.6) is 0 Å². The SMILES string of the molecule is Cc1cc(F)ccc1C(C)C(C)C. The highest BCUT2D eigenvalue weighted by Gasteiger charge is 2.12. The topological polar surface area (TPSA) is 0 Å². The Morgan fingerprint density at radius 3 is 2.23 bits per heavy atom. The van der Waals surface area contributed by atoms with Gasteiger partial charge in [-0.1, -0.05) is 26.8 Å². The van der Waals surface area contributed by atoms with Crippen LogP contribution in [0.2, 0.25) is 0 Å². The zero-order chi connectivity index (χ0) is 10.0. The van der Waals surface area contributed by atoms with Crippen LogP contribution in [-0.2, 0) is 0 Å². The summed E-state index contributed by atoms with van der Waals surface area (Å²) in [4.78, 5) is 0. The number of aryl methyl sites for hydroxylation is 1. The maximum atomic E-state index is 12.8. The Balaban J connectivity index is 3.01. The van der Waals surface area contributed by atoms with Gasteiger partial charge in [0.25, 0.3) is 0 Å². The minimum Gasteiger partial charge on any atom is -0.207 e. The third-order valence-electron chi connectivity index (χ3n) is 2.72. The van der Waals surface area contributed by atoms with Crippen molar-refractivity contribution in [1.29, 1.82) is 0 Å². The number of halogens is 1. The minimum absolute atomic E-state index is 0.141. The Kier molecular flexibility index (Phi) is 3.07. The number of rotatable bonds is 2. The molecule has 0 saturated heterocycles. The van der Waals surface area contributed by atoms with Crippen molar-refractivity contribution in [3.05, 3.63) is 35.1 Å². The first kappa shape index (κ1) is 10.2. The summed E-state index contributed by atoms with van der Waals surface area (Å²) < 4.78 is 12.8. The van der Waals surface area contributed by atoms with Crippen molar-refractivity contribution < 1.29 is 4.39 Å². The number of hydrogen-bond donors (Lipinski definition) is 0. The van der Waals surface area contributed by atoms with Crippen LogP contribution in [0, 0.1) is 18.7 Å². The van der Waals surface area contributed by atoms with Crippen LogP contribution in [0.3, 0.4) is 0 Å². The van der Waals surface area contributed by atoms with Crippen LogP contribution in [0.1, 0.15) is 37.8 Å². The van der Waals surface area contributed by atoms with E-state index < -0.39 is 0 Å². The molecule has 1 heteroatoms. The fourth-order valence-electron chi connectivity index (χ4n) is 1.51. The standard InChI is InChI=1S/C12H17F/c1-8(2)10(4)12-6-5-11(13)7-9(12)3/h5-8,10H,1-4H3. The highest BCUT2D eigenvalue weighted by molar-refractivity contribution is 5.29. The van der Waals surface area contributed by atoms with Gasteiger partial charge in [-0.3, -0.25) is 0 Å². The molecule has 1 atom stereocenters. The van der Waals surface area contributed by atoms with Crippen LogP contribution < -0.4 is 0 Å². The van der Waals surface area contributed by atoms with Crippen LogP contribution in [0.25, 0.3) is 0 Å². The maximum Gasteiger partial charge on any atom is 0.123 e. The quantitative estimate of drug-likeness (QED) is 0.647. The molecule has 72 valence electrons. The lowest BCUT2D eigenvalue weighted by molar-refractivity contribution is 0.531. The minimum atomic E-state index is -0.141. The van der Waals surface area contributed by atoms with Crippen molar-refractivity contribution in [3.63, 3.8) is 0 Å². The lowest BCUT2D eigenvalue weighted by Crippen LogP contribution is -2.04. The molecule has 13 heavy (non-hydrogen) atoms. The van der Waals surface area contributed by atoms with E-state index in [0.29, 0.717) is 11.8 Å². The highest BCUT2D eigenvalue weighted by Crippen LogP contribution is 2.26. The zero-order valence-corrected chi connectivity index (χ0v) is 8.76. The first-order chi connectivity index (χ1) is 6.02. The molecule has 0 nitrogen and oxygen atoms in total. The molecule has 0 spiro atoms. The first-order valence-corrected chi connectivity index (χ1v) is 4.78. The number of hydrogen-bond acceptors (Lipinski definition) is 0. The van der Waals surface area contributed by atoms with Gasteiger partial charge in [0.05, 0.1) is 0 Å². The lowest BCUT2D eigenvalue weighted by atomic mass is 9.88. The second kappa shape index (κ2) is 3.91. The fraction of sp³-hybridized carbons (Fsp3) is 0.500. The molecule has 0 aromatic heterocycles. The summed E-state index contributed by atoms with van der Waals surface area (Å²) in [5.74, 6) is 0.960. The Bertz CT molecular complexity index is 289. The second-order valence-corrected chi connectivity index (χ2v) is 4.03. The monoisotopic (exact) mass is 180 g/mol. The molecule has 0 bridgehead atoms. The fourth-order valence-corrected chi connectivity index (χ4v) is 1.51. The molecule has 0 heterocycles. The van der Waals surface area contributed by atoms with Gasteiger partial charge in [0.2, 0.25) is 0 Å². The van der Waals surface area contributed by atoms with Gasteiger partial charge < -0.3 is 0 Å². The summed E-state index contributed by atoms with van der Waals surface area (Å²) in [6.45, 7) is 8.53. The molecule has 1 rings (SSSR count). The third-order valence-corrected chi connectivity index (χ3v) is 2.72. The summed E-state index contributed by atoms with van der Waals surface area (Å²) in [6, 6.07) is 5.05. The Labute approximate surface area is 79.8 Å². The summed E-state index contributed by atoms with van der Waals surface area (Å²) in [5, 5.41) is 0. The van der Waals surface area contributed by atoms with E-state index in [1.54, 1.807) is 12.1 Å². The van der Waals surface area contributed by atoms with Crippen molar-refractivity contribution in [1.82, 2.24) is 0 Å². The van der Waals surface area contributed by atoms with Gasteiger partial charge >= 0.3 is 0 Å². The van der Waals surface area contributed by atoms with E-state index in [0.717, 1.165) is 5.56 Å². The van der Waals surface area contributed by atoms with Gasteiger partial charge in [0.15, 0.2) is 0 Å². The van der Waals surface area contributed by atoms with Crippen molar-refractivity contribution >= 4 is 0 Å². The molecule has 0 aliphatic heterocycles. The van der Waals surface area contributed by atoms with Crippen LogP contribution in [0.15, 0.2) is 18.2 Å². The zero-order valence-electron chi connectivity index (χ0n) is 8.76. The first-order valence-electron chi connectivity index (χ1n) is 4.78. The van der Waals surface area contributed by atoms with E-state index >= 15 is 0 Å². The van der Waals surface area contributed by atoms with E-state index in [1.807, 2.05) is 13.0 Å². The van der Waals surface area contributed by atoms with E-state index in [9.17, 15) is 4.39 Å². The summed E-state index contributed by atoms with van der Waals surface area (Å²) in [5.41, 5.74) is 2.32. The average molecular weight is 180 g/mol. The van der Waals surface area contributed by atoms with Crippen LogP contribution in [-0.4, -0.2) is 0 Å². The highest BCUT2D eigenvalue weighted by atomic mass is 19.1. The second-order valence-electron chi connectivity index (χ2n) is 4.03. The van der Waals surface area contributed by atoms with Gasteiger partial charge in [-0.2, -0.15) is 0 Å². The largest absolute Gasteiger partial charge is 0.207 e. The van der Waals surface area contributed by atoms with Gasteiger partial charge in [0, 0.05) is 0 Å².